The molecule has 0 bridgehead atoms. The number of phenols is 1. The average molecular weight is 470 g/mol. The van der Waals surface area contributed by atoms with Crippen molar-refractivity contribution in [1.29, 1.82) is 0 Å². The van der Waals surface area contributed by atoms with E-state index in [1.54, 1.807) is 43.3 Å². The standard InChI is InChI=1S/C25H24ClNO6/c1-3-5-10-27-22(14-6-8-17(28)19(12-14)32-4-2)21(24(30)25(27)31)23(29)20-13-15-11-16(26)7-9-18(15)33-20/h6-9,11-13,22,28,30H,3-5,10H2,1-2H3. The number of aromatic hydroxyl groups is 1. The number of hydrogen-bond donors (Lipinski definition) is 2. The number of hydrogen-bond acceptors (Lipinski definition) is 6. The van der Waals surface area contributed by atoms with Crippen molar-refractivity contribution in [2.75, 3.05) is 13.2 Å². The van der Waals surface area contributed by atoms with Gasteiger partial charge in [-0.1, -0.05) is 31.0 Å². The Bertz CT molecular complexity index is 1260. The number of unbranched alkanes of at least 4 members (excludes halogenated alkanes) is 1. The number of furan rings is 1. The molecule has 1 aliphatic rings. The molecule has 33 heavy (non-hydrogen) atoms. The molecule has 0 saturated carbocycles. The molecule has 2 N–H and O–H groups in total. The average Bonchev–Trinajstić information content (AvgIpc) is 3.32. The topological polar surface area (TPSA) is 100 Å². The van der Waals surface area contributed by atoms with E-state index in [4.69, 9.17) is 20.8 Å². The van der Waals surface area contributed by atoms with Gasteiger partial charge in [-0.15, -0.1) is 0 Å². The van der Waals surface area contributed by atoms with E-state index in [0.717, 1.165) is 6.42 Å². The smallest absolute Gasteiger partial charge is 0.290 e. The molecule has 2 aromatic carbocycles. The minimum atomic E-state index is -0.854. The Hall–Kier alpha value is -3.45. The van der Waals surface area contributed by atoms with Crippen molar-refractivity contribution < 1.29 is 29.0 Å². The first kappa shape index (κ1) is 22.7. The number of rotatable bonds is 8. The van der Waals surface area contributed by atoms with Gasteiger partial charge in [0.05, 0.1) is 18.2 Å². The lowest BCUT2D eigenvalue weighted by molar-refractivity contribution is -0.129. The lowest BCUT2D eigenvalue weighted by Crippen LogP contribution is -2.32. The summed E-state index contributed by atoms with van der Waals surface area (Å²) in [6, 6.07) is 10.3. The van der Waals surface area contributed by atoms with Gasteiger partial charge >= 0.3 is 0 Å². The van der Waals surface area contributed by atoms with E-state index in [2.05, 4.69) is 0 Å². The minimum Gasteiger partial charge on any atom is -0.504 e. The zero-order valence-corrected chi connectivity index (χ0v) is 19.1. The first-order valence-electron chi connectivity index (χ1n) is 10.8. The minimum absolute atomic E-state index is 0.00670. The molecular weight excluding hydrogens is 446 g/mol. The van der Waals surface area contributed by atoms with Crippen LogP contribution in [-0.2, 0) is 4.79 Å². The van der Waals surface area contributed by atoms with E-state index in [1.807, 2.05) is 6.92 Å². The molecule has 1 amide bonds. The maximum absolute atomic E-state index is 13.5. The van der Waals surface area contributed by atoms with Crippen LogP contribution in [0.25, 0.3) is 11.0 Å². The Morgan fingerprint density at radius 2 is 1.94 bits per heavy atom. The molecule has 7 nitrogen and oxygen atoms in total. The first-order valence-corrected chi connectivity index (χ1v) is 11.2. The number of carbonyl (C=O) groups excluding carboxylic acids is 2. The Kier molecular flexibility index (Phi) is 6.33. The number of amides is 1. The van der Waals surface area contributed by atoms with Crippen molar-refractivity contribution in [1.82, 2.24) is 4.90 Å². The Labute approximate surface area is 195 Å². The van der Waals surface area contributed by atoms with Crippen LogP contribution in [0.15, 0.2) is 58.2 Å². The second-order valence-corrected chi connectivity index (χ2v) is 8.24. The van der Waals surface area contributed by atoms with E-state index >= 15 is 0 Å². The molecule has 1 aliphatic heterocycles. The molecule has 8 heteroatoms. The first-order chi connectivity index (χ1) is 15.8. The highest BCUT2D eigenvalue weighted by atomic mass is 35.5. The van der Waals surface area contributed by atoms with Crippen molar-refractivity contribution in [2.45, 2.75) is 32.7 Å². The fourth-order valence-electron chi connectivity index (χ4n) is 4.02. The van der Waals surface area contributed by atoms with Gasteiger partial charge < -0.3 is 24.3 Å². The van der Waals surface area contributed by atoms with Crippen LogP contribution >= 0.6 is 11.6 Å². The summed E-state index contributed by atoms with van der Waals surface area (Å²) in [6.45, 7) is 4.45. The number of carbonyl (C=O) groups is 2. The van der Waals surface area contributed by atoms with Crippen molar-refractivity contribution in [2.24, 2.45) is 0 Å². The fraction of sp³-hybridized carbons (Fsp3) is 0.280. The summed E-state index contributed by atoms with van der Waals surface area (Å²) in [5, 5.41) is 22.0. The molecule has 172 valence electrons. The maximum atomic E-state index is 13.5. The highest BCUT2D eigenvalue weighted by Crippen LogP contribution is 2.42. The summed E-state index contributed by atoms with van der Waals surface area (Å²) in [5.41, 5.74) is 0.927. The number of Topliss-reactive ketones (excluding diaryl/α,β-unsaturated/α-hetero) is 1. The number of aliphatic hydroxyl groups is 1. The van der Waals surface area contributed by atoms with E-state index < -0.39 is 23.5 Å². The lowest BCUT2D eigenvalue weighted by atomic mass is 9.94. The Morgan fingerprint density at radius 3 is 2.67 bits per heavy atom. The third-order valence-corrected chi connectivity index (χ3v) is 5.84. The molecule has 1 unspecified atom stereocenters. The summed E-state index contributed by atoms with van der Waals surface area (Å²) < 4.78 is 11.2. The zero-order chi connectivity index (χ0) is 23.7. The number of nitrogens with zero attached hydrogens (tertiary/aromatic N) is 1. The van der Waals surface area contributed by atoms with Gasteiger partial charge in [-0.25, -0.2) is 0 Å². The van der Waals surface area contributed by atoms with Gasteiger partial charge in [-0.05, 0) is 55.3 Å². The maximum Gasteiger partial charge on any atom is 0.290 e. The molecule has 1 aromatic heterocycles. The molecule has 2 heterocycles. The van der Waals surface area contributed by atoms with E-state index in [-0.39, 0.29) is 22.8 Å². The number of halogens is 1. The largest absolute Gasteiger partial charge is 0.504 e. The highest BCUT2D eigenvalue weighted by molar-refractivity contribution is 6.31. The van der Waals surface area contributed by atoms with Crippen molar-refractivity contribution in [3.05, 3.63) is 70.1 Å². The second-order valence-electron chi connectivity index (χ2n) is 7.80. The zero-order valence-electron chi connectivity index (χ0n) is 18.3. The van der Waals surface area contributed by atoms with Gasteiger partial charge in [0.25, 0.3) is 5.91 Å². The predicted molar refractivity (Wildman–Crippen MR) is 124 cm³/mol. The Balaban J connectivity index is 1.81. The van der Waals surface area contributed by atoms with Crippen LogP contribution in [0.3, 0.4) is 0 Å². The highest BCUT2D eigenvalue weighted by Gasteiger charge is 2.44. The molecule has 0 spiro atoms. The fourth-order valence-corrected chi connectivity index (χ4v) is 4.20. The quantitative estimate of drug-likeness (QED) is 0.418. The van der Waals surface area contributed by atoms with E-state index in [1.165, 1.54) is 11.0 Å². The molecule has 3 aromatic rings. The summed E-state index contributed by atoms with van der Waals surface area (Å²) in [5.74, 6) is -1.65. The third-order valence-electron chi connectivity index (χ3n) is 5.60. The van der Waals surface area contributed by atoms with Gasteiger partial charge in [0.1, 0.15) is 5.58 Å². The molecule has 0 fully saturated rings. The molecule has 1 atom stereocenters. The number of phenolic OH excluding ortho intramolecular Hbond substituents is 1. The summed E-state index contributed by atoms with van der Waals surface area (Å²) in [7, 11) is 0. The summed E-state index contributed by atoms with van der Waals surface area (Å²) in [4.78, 5) is 28.0. The number of benzene rings is 2. The van der Waals surface area contributed by atoms with Gasteiger partial charge in [0.2, 0.25) is 5.78 Å². The molecule has 0 saturated heterocycles. The van der Waals surface area contributed by atoms with Crippen molar-refractivity contribution in [3.63, 3.8) is 0 Å². The van der Waals surface area contributed by atoms with Crippen LogP contribution in [0.5, 0.6) is 11.5 Å². The number of ketones is 1. The molecule has 4 rings (SSSR count). The molecule has 0 radical (unpaired) electrons. The van der Waals surface area contributed by atoms with Crippen LogP contribution in [0.4, 0.5) is 0 Å². The molecule has 0 aliphatic carbocycles. The van der Waals surface area contributed by atoms with Crippen LogP contribution in [0, 0.1) is 0 Å². The molecular formula is C25H24ClNO6. The number of aliphatic hydroxyl groups excluding tert-OH is 1. The van der Waals surface area contributed by atoms with E-state index in [0.29, 0.717) is 41.1 Å². The van der Waals surface area contributed by atoms with Gasteiger partial charge in [0, 0.05) is 17.0 Å². The van der Waals surface area contributed by atoms with Gasteiger partial charge in [0.15, 0.2) is 23.0 Å². The van der Waals surface area contributed by atoms with Crippen molar-refractivity contribution >= 4 is 34.3 Å². The lowest BCUT2D eigenvalue weighted by Gasteiger charge is -2.27. The second kappa shape index (κ2) is 9.19. The van der Waals surface area contributed by atoms with Gasteiger partial charge in [-0.2, -0.15) is 0 Å². The van der Waals surface area contributed by atoms with Crippen LogP contribution in [0.2, 0.25) is 5.02 Å². The van der Waals surface area contributed by atoms with Crippen LogP contribution in [0.1, 0.15) is 48.8 Å². The number of ether oxygens (including phenoxy) is 1. The predicted octanol–water partition coefficient (Wildman–Crippen LogP) is 5.57. The SMILES string of the molecule is CCCCN1C(=O)C(O)=C(C(=O)c2cc3cc(Cl)ccc3o2)C1c1ccc(O)c(OCC)c1. The normalized spacial score (nSPS) is 16.2. The summed E-state index contributed by atoms with van der Waals surface area (Å²) in [6.07, 6.45) is 1.52. The summed E-state index contributed by atoms with van der Waals surface area (Å²) >= 11 is 6.04. The van der Waals surface area contributed by atoms with Crippen LogP contribution < -0.4 is 4.74 Å². The monoisotopic (exact) mass is 469 g/mol. The Morgan fingerprint density at radius 1 is 1.15 bits per heavy atom. The van der Waals surface area contributed by atoms with Crippen molar-refractivity contribution in [3.8, 4) is 11.5 Å². The van der Waals surface area contributed by atoms with Gasteiger partial charge in [-0.3, -0.25) is 9.59 Å². The van der Waals surface area contributed by atoms with Crippen LogP contribution in [-0.4, -0.2) is 40.0 Å². The van der Waals surface area contributed by atoms with E-state index in [9.17, 15) is 19.8 Å². The third kappa shape index (κ3) is 4.16. The number of fused-ring (bicyclic) bond motifs is 1.